The number of amides is 1. The van der Waals surface area contributed by atoms with Crippen LogP contribution in [0.25, 0.3) is 0 Å². The minimum atomic E-state index is -0.00662. The predicted molar refractivity (Wildman–Crippen MR) is 93.2 cm³/mol. The fraction of sp³-hybridized carbons (Fsp3) is 0.421. The predicted octanol–water partition coefficient (Wildman–Crippen LogP) is 3.69. The molecule has 4 heteroatoms. The van der Waals surface area contributed by atoms with Gasteiger partial charge in [-0.1, -0.05) is 19.1 Å². The quantitative estimate of drug-likeness (QED) is 0.883. The summed E-state index contributed by atoms with van der Waals surface area (Å²) in [5.74, 6) is 0.822. The van der Waals surface area contributed by atoms with Crippen LogP contribution >= 0.6 is 0 Å². The summed E-state index contributed by atoms with van der Waals surface area (Å²) in [6.45, 7) is 8.77. The third-order valence-electron chi connectivity index (χ3n) is 4.17. The Morgan fingerprint density at radius 3 is 2.70 bits per heavy atom. The number of nitrogens with one attached hydrogen (secondary N) is 1. The number of hydrogen-bond acceptors (Lipinski definition) is 2. The second-order valence-corrected chi connectivity index (χ2v) is 6.04. The van der Waals surface area contributed by atoms with E-state index in [-0.39, 0.29) is 11.9 Å². The lowest BCUT2D eigenvalue weighted by atomic mass is 10.2. The van der Waals surface area contributed by atoms with Crippen molar-refractivity contribution in [2.24, 2.45) is 0 Å². The van der Waals surface area contributed by atoms with Crippen LogP contribution in [0.1, 0.15) is 47.6 Å². The zero-order chi connectivity index (χ0) is 17.0. The van der Waals surface area contributed by atoms with E-state index >= 15 is 0 Å². The molecule has 1 aromatic heterocycles. The van der Waals surface area contributed by atoms with E-state index in [1.54, 1.807) is 7.11 Å². The van der Waals surface area contributed by atoms with Gasteiger partial charge in [0.2, 0.25) is 0 Å². The average molecular weight is 314 g/mol. The molecule has 1 aromatic carbocycles. The molecule has 1 heterocycles. The summed E-state index contributed by atoms with van der Waals surface area (Å²) in [5, 5.41) is 3.06. The van der Waals surface area contributed by atoms with Gasteiger partial charge in [-0.3, -0.25) is 4.79 Å². The van der Waals surface area contributed by atoms with Crippen molar-refractivity contribution in [1.82, 2.24) is 9.88 Å². The van der Waals surface area contributed by atoms with Crippen molar-refractivity contribution < 1.29 is 9.53 Å². The highest BCUT2D eigenvalue weighted by molar-refractivity contribution is 5.94. The van der Waals surface area contributed by atoms with Gasteiger partial charge in [-0.15, -0.1) is 0 Å². The van der Waals surface area contributed by atoms with E-state index in [0.717, 1.165) is 34.7 Å². The van der Waals surface area contributed by atoms with Gasteiger partial charge in [0, 0.05) is 18.3 Å². The van der Waals surface area contributed by atoms with Crippen molar-refractivity contribution >= 4 is 5.91 Å². The van der Waals surface area contributed by atoms with Crippen molar-refractivity contribution in [2.45, 2.75) is 46.7 Å². The molecule has 1 unspecified atom stereocenters. The second kappa shape index (κ2) is 7.36. The molecule has 1 N–H and O–H groups in total. The number of aromatic nitrogens is 1. The maximum atomic E-state index is 12.6. The van der Waals surface area contributed by atoms with Gasteiger partial charge in [0.1, 0.15) is 11.4 Å². The Hall–Kier alpha value is -2.23. The van der Waals surface area contributed by atoms with Gasteiger partial charge in [-0.05, 0) is 56.5 Å². The number of nitrogens with zero attached hydrogens (tertiary/aromatic N) is 1. The highest BCUT2D eigenvalue weighted by Crippen LogP contribution is 2.20. The van der Waals surface area contributed by atoms with Gasteiger partial charge in [0.05, 0.1) is 7.11 Å². The first-order chi connectivity index (χ1) is 11.0. The van der Waals surface area contributed by atoms with E-state index < -0.39 is 0 Å². The SMILES string of the molecule is CCC(C)NC(=O)c1c(C)cc(C)n1Cc1cccc(OC)c1. The lowest BCUT2D eigenvalue weighted by molar-refractivity contribution is 0.0929. The van der Waals surface area contributed by atoms with Gasteiger partial charge in [-0.2, -0.15) is 0 Å². The molecule has 1 atom stereocenters. The summed E-state index contributed by atoms with van der Waals surface area (Å²) < 4.78 is 7.36. The smallest absolute Gasteiger partial charge is 0.268 e. The number of methoxy groups -OCH3 is 1. The number of carbonyl (C=O) groups is 1. The van der Waals surface area contributed by atoms with E-state index in [1.807, 2.05) is 45.0 Å². The fourth-order valence-corrected chi connectivity index (χ4v) is 2.70. The van der Waals surface area contributed by atoms with Crippen LogP contribution in [-0.2, 0) is 6.54 Å². The van der Waals surface area contributed by atoms with Gasteiger partial charge in [0.25, 0.3) is 5.91 Å². The van der Waals surface area contributed by atoms with E-state index in [0.29, 0.717) is 6.54 Å². The number of aryl methyl sites for hydroxylation is 2. The standard InChI is InChI=1S/C19H26N2O2/c1-6-14(3)20-19(22)18-13(2)10-15(4)21(18)12-16-8-7-9-17(11-16)23-5/h7-11,14H,6,12H2,1-5H3,(H,20,22). The minimum absolute atomic E-state index is 0.00662. The fourth-order valence-electron chi connectivity index (χ4n) is 2.70. The third-order valence-corrected chi connectivity index (χ3v) is 4.17. The van der Waals surface area contributed by atoms with E-state index in [2.05, 4.69) is 22.9 Å². The normalized spacial score (nSPS) is 12.0. The van der Waals surface area contributed by atoms with Crippen LogP contribution in [-0.4, -0.2) is 23.6 Å². The zero-order valence-corrected chi connectivity index (χ0v) is 14.6. The molecule has 0 saturated carbocycles. The molecule has 1 amide bonds. The summed E-state index contributed by atoms with van der Waals surface area (Å²) in [6.07, 6.45) is 0.917. The Morgan fingerprint density at radius 2 is 2.04 bits per heavy atom. The van der Waals surface area contributed by atoms with Crippen LogP contribution in [0.3, 0.4) is 0 Å². The summed E-state index contributed by atoms with van der Waals surface area (Å²) in [6, 6.07) is 10.2. The Kier molecular flexibility index (Phi) is 5.48. The lowest BCUT2D eigenvalue weighted by Crippen LogP contribution is -2.34. The maximum absolute atomic E-state index is 12.6. The zero-order valence-electron chi connectivity index (χ0n) is 14.6. The molecular weight excluding hydrogens is 288 g/mol. The maximum Gasteiger partial charge on any atom is 0.268 e. The van der Waals surface area contributed by atoms with Crippen LogP contribution in [0.4, 0.5) is 0 Å². The van der Waals surface area contributed by atoms with Crippen molar-refractivity contribution in [3.8, 4) is 5.75 Å². The molecule has 0 radical (unpaired) electrons. The van der Waals surface area contributed by atoms with Crippen LogP contribution in [0.2, 0.25) is 0 Å². The van der Waals surface area contributed by atoms with Crippen molar-refractivity contribution in [3.63, 3.8) is 0 Å². The van der Waals surface area contributed by atoms with Crippen LogP contribution < -0.4 is 10.1 Å². The highest BCUT2D eigenvalue weighted by atomic mass is 16.5. The van der Waals surface area contributed by atoms with Gasteiger partial charge < -0.3 is 14.6 Å². The summed E-state index contributed by atoms with van der Waals surface area (Å²) in [4.78, 5) is 12.6. The van der Waals surface area contributed by atoms with Crippen LogP contribution in [0.5, 0.6) is 5.75 Å². The van der Waals surface area contributed by atoms with Crippen LogP contribution in [0.15, 0.2) is 30.3 Å². The highest BCUT2D eigenvalue weighted by Gasteiger charge is 2.18. The minimum Gasteiger partial charge on any atom is -0.497 e. The average Bonchev–Trinajstić information content (AvgIpc) is 2.81. The number of rotatable bonds is 6. The van der Waals surface area contributed by atoms with Crippen LogP contribution in [0, 0.1) is 13.8 Å². The van der Waals surface area contributed by atoms with E-state index in [9.17, 15) is 4.79 Å². The Bertz CT molecular complexity index is 689. The molecule has 124 valence electrons. The summed E-state index contributed by atoms with van der Waals surface area (Å²) in [7, 11) is 1.66. The molecule has 4 nitrogen and oxygen atoms in total. The monoisotopic (exact) mass is 314 g/mol. The molecule has 0 fully saturated rings. The first-order valence-corrected chi connectivity index (χ1v) is 8.06. The van der Waals surface area contributed by atoms with Crippen molar-refractivity contribution in [1.29, 1.82) is 0 Å². The molecule has 2 rings (SSSR count). The lowest BCUT2D eigenvalue weighted by Gasteiger charge is -2.16. The topological polar surface area (TPSA) is 43.3 Å². The molecule has 0 spiro atoms. The number of benzene rings is 1. The third kappa shape index (κ3) is 3.95. The molecule has 23 heavy (non-hydrogen) atoms. The molecule has 0 bridgehead atoms. The van der Waals surface area contributed by atoms with Gasteiger partial charge >= 0.3 is 0 Å². The molecule has 2 aromatic rings. The largest absolute Gasteiger partial charge is 0.497 e. The summed E-state index contributed by atoms with van der Waals surface area (Å²) in [5.41, 5.74) is 3.94. The summed E-state index contributed by atoms with van der Waals surface area (Å²) >= 11 is 0. The molecule has 0 saturated heterocycles. The first kappa shape index (κ1) is 17.1. The van der Waals surface area contributed by atoms with Gasteiger partial charge in [0.15, 0.2) is 0 Å². The van der Waals surface area contributed by atoms with E-state index in [4.69, 9.17) is 4.74 Å². The van der Waals surface area contributed by atoms with Gasteiger partial charge in [-0.25, -0.2) is 0 Å². The van der Waals surface area contributed by atoms with Crippen molar-refractivity contribution in [2.75, 3.05) is 7.11 Å². The van der Waals surface area contributed by atoms with Crippen molar-refractivity contribution in [3.05, 3.63) is 52.8 Å². The molecule has 0 aliphatic rings. The Labute approximate surface area is 138 Å². The Balaban J connectivity index is 2.33. The van der Waals surface area contributed by atoms with E-state index in [1.165, 1.54) is 0 Å². The second-order valence-electron chi connectivity index (χ2n) is 6.04. The molecular formula is C19H26N2O2. The Morgan fingerprint density at radius 1 is 1.30 bits per heavy atom. The number of ether oxygens (including phenoxy) is 1. The number of carbonyl (C=O) groups excluding carboxylic acids is 1. The molecule has 0 aliphatic carbocycles. The first-order valence-electron chi connectivity index (χ1n) is 8.06. The number of hydrogen-bond donors (Lipinski definition) is 1. The molecule has 0 aliphatic heterocycles.